The van der Waals surface area contributed by atoms with Crippen molar-refractivity contribution in [3.8, 4) is 0 Å². The van der Waals surface area contributed by atoms with Gasteiger partial charge in [0.1, 0.15) is 0 Å². The average molecular weight is 192 g/mol. The van der Waals surface area contributed by atoms with Crippen molar-refractivity contribution in [2.45, 2.75) is 12.8 Å². The minimum atomic E-state index is -0.756. The molecule has 70 valence electrons. The second-order valence-electron chi connectivity index (χ2n) is 3.05. The van der Waals surface area contributed by atoms with Crippen molar-refractivity contribution in [2.24, 2.45) is 11.8 Å². The Hall–Kier alpha value is -0.250. The first-order valence-electron chi connectivity index (χ1n) is 4.12. The van der Waals surface area contributed by atoms with Crippen molar-refractivity contribution in [1.82, 2.24) is 0 Å². The molecular formula is C8H13FO2S. The highest BCUT2D eigenvalue weighted by Crippen LogP contribution is 2.31. The molecule has 1 rings (SSSR count). The molecule has 0 aromatic carbocycles. The van der Waals surface area contributed by atoms with Crippen LogP contribution in [0, 0.1) is 11.8 Å². The van der Waals surface area contributed by atoms with Crippen LogP contribution < -0.4 is 0 Å². The van der Waals surface area contributed by atoms with Crippen molar-refractivity contribution < 1.29 is 14.3 Å². The molecule has 1 aliphatic heterocycles. The summed E-state index contributed by atoms with van der Waals surface area (Å²) in [5.74, 6) is 0.697. The summed E-state index contributed by atoms with van der Waals surface area (Å²) in [5.41, 5.74) is 0. The molecule has 0 bridgehead atoms. The highest BCUT2D eigenvalue weighted by atomic mass is 32.2. The van der Waals surface area contributed by atoms with Crippen LogP contribution in [0.4, 0.5) is 4.39 Å². The SMILES string of the molecule is O=C(O)C1CCSCC1CCF. The zero-order valence-electron chi connectivity index (χ0n) is 6.83. The molecule has 0 aliphatic carbocycles. The molecule has 0 aromatic rings. The molecule has 0 aromatic heterocycles. The zero-order valence-corrected chi connectivity index (χ0v) is 7.65. The largest absolute Gasteiger partial charge is 0.481 e. The normalized spacial score (nSPS) is 30.1. The summed E-state index contributed by atoms with van der Waals surface area (Å²) in [4.78, 5) is 10.7. The molecule has 0 amide bonds. The van der Waals surface area contributed by atoms with E-state index >= 15 is 0 Å². The lowest BCUT2D eigenvalue weighted by atomic mass is 9.89. The van der Waals surface area contributed by atoms with Gasteiger partial charge in [0.25, 0.3) is 0 Å². The quantitative estimate of drug-likeness (QED) is 0.740. The molecule has 1 fully saturated rings. The molecule has 0 radical (unpaired) electrons. The van der Waals surface area contributed by atoms with Crippen LogP contribution in [0.1, 0.15) is 12.8 Å². The van der Waals surface area contributed by atoms with E-state index in [0.717, 1.165) is 11.5 Å². The number of carboxylic acid groups (broad SMARTS) is 1. The van der Waals surface area contributed by atoms with E-state index < -0.39 is 12.6 Å². The van der Waals surface area contributed by atoms with Gasteiger partial charge >= 0.3 is 5.97 Å². The highest BCUT2D eigenvalue weighted by molar-refractivity contribution is 7.99. The molecule has 1 N–H and O–H groups in total. The number of carboxylic acids is 1. The van der Waals surface area contributed by atoms with Crippen LogP contribution in [0.25, 0.3) is 0 Å². The Kier molecular flexibility index (Phi) is 3.85. The van der Waals surface area contributed by atoms with Crippen molar-refractivity contribution in [1.29, 1.82) is 0 Å². The van der Waals surface area contributed by atoms with Gasteiger partial charge in [0.15, 0.2) is 0 Å². The number of hydrogen-bond donors (Lipinski definition) is 1. The topological polar surface area (TPSA) is 37.3 Å². The summed E-state index contributed by atoms with van der Waals surface area (Å²) in [7, 11) is 0. The third-order valence-electron chi connectivity index (χ3n) is 2.27. The van der Waals surface area contributed by atoms with Gasteiger partial charge in [0.05, 0.1) is 12.6 Å². The molecule has 1 saturated heterocycles. The molecular weight excluding hydrogens is 179 g/mol. The van der Waals surface area contributed by atoms with Crippen molar-refractivity contribution in [3.63, 3.8) is 0 Å². The lowest BCUT2D eigenvalue weighted by Gasteiger charge is -2.27. The van der Waals surface area contributed by atoms with E-state index in [4.69, 9.17) is 5.11 Å². The van der Waals surface area contributed by atoms with Crippen molar-refractivity contribution in [3.05, 3.63) is 0 Å². The van der Waals surface area contributed by atoms with Crippen LogP contribution in [-0.4, -0.2) is 29.3 Å². The Morgan fingerprint density at radius 2 is 2.42 bits per heavy atom. The molecule has 0 spiro atoms. The lowest BCUT2D eigenvalue weighted by molar-refractivity contribution is -0.143. The predicted octanol–water partition coefficient (Wildman–Crippen LogP) is 1.80. The Morgan fingerprint density at radius 1 is 1.67 bits per heavy atom. The summed E-state index contributed by atoms with van der Waals surface area (Å²) < 4.78 is 12.0. The first kappa shape index (κ1) is 9.84. The van der Waals surface area contributed by atoms with Crippen LogP contribution in [0.2, 0.25) is 0 Å². The molecule has 2 unspecified atom stereocenters. The van der Waals surface area contributed by atoms with Crippen LogP contribution in [0.15, 0.2) is 0 Å². The van der Waals surface area contributed by atoms with Crippen LogP contribution in [0.3, 0.4) is 0 Å². The second-order valence-corrected chi connectivity index (χ2v) is 4.20. The van der Waals surface area contributed by atoms with E-state index in [1.165, 1.54) is 0 Å². The Bertz CT molecular complexity index is 161. The smallest absolute Gasteiger partial charge is 0.306 e. The third kappa shape index (κ3) is 2.37. The van der Waals surface area contributed by atoms with Gasteiger partial charge < -0.3 is 5.11 Å². The lowest BCUT2D eigenvalue weighted by Crippen LogP contribution is -2.29. The highest BCUT2D eigenvalue weighted by Gasteiger charge is 2.30. The van der Waals surface area contributed by atoms with E-state index in [9.17, 15) is 9.18 Å². The Balaban J connectivity index is 2.48. The van der Waals surface area contributed by atoms with Gasteiger partial charge in [-0.15, -0.1) is 0 Å². The van der Waals surface area contributed by atoms with E-state index in [2.05, 4.69) is 0 Å². The maximum absolute atomic E-state index is 12.0. The molecule has 1 heterocycles. The molecule has 4 heteroatoms. The average Bonchev–Trinajstić information content (AvgIpc) is 2.05. The Morgan fingerprint density at radius 3 is 3.00 bits per heavy atom. The van der Waals surface area contributed by atoms with E-state index in [0.29, 0.717) is 12.8 Å². The molecule has 2 atom stereocenters. The first-order valence-corrected chi connectivity index (χ1v) is 5.27. The van der Waals surface area contributed by atoms with Crippen LogP contribution in [0.5, 0.6) is 0 Å². The standard InChI is InChI=1S/C8H13FO2S/c9-3-1-6-5-12-4-2-7(6)8(10)11/h6-7H,1-5H2,(H,10,11). The summed E-state index contributed by atoms with van der Waals surface area (Å²) >= 11 is 1.73. The van der Waals surface area contributed by atoms with E-state index in [1.54, 1.807) is 11.8 Å². The second kappa shape index (κ2) is 4.70. The van der Waals surface area contributed by atoms with Crippen LogP contribution in [-0.2, 0) is 4.79 Å². The number of carbonyl (C=O) groups is 1. The summed E-state index contributed by atoms with van der Waals surface area (Å²) in [6, 6.07) is 0. The number of aliphatic carboxylic acids is 1. The molecule has 1 aliphatic rings. The fourth-order valence-corrected chi connectivity index (χ4v) is 2.84. The zero-order chi connectivity index (χ0) is 8.97. The van der Waals surface area contributed by atoms with Gasteiger partial charge in [0, 0.05) is 0 Å². The summed E-state index contributed by atoms with van der Waals surface area (Å²) in [6.45, 7) is -0.394. The fraction of sp³-hybridized carbons (Fsp3) is 0.875. The number of halogens is 1. The van der Waals surface area contributed by atoms with Crippen molar-refractivity contribution in [2.75, 3.05) is 18.2 Å². The van der Waals surface area contributed by atoms with E-state index in [1.807, 2.05) is 0 Å². The summed E-state index contributed by atoms with van der Waals surface area (Å²) in [6.07, 6.45) is 1.11. The molecule has 2 nitrogen and oxygen atoms in total. The van der Waals surface area contributed by atoms with Gasteiger partial charge in [-0.3, -0.25) is 9.18 Å². The molecule has 12 heavy (non-hydrogen) atoms. The maximum Gasteiger partial charge on any atom is 0.306 e. The van der Waals surface area contributed by atoms with Gasteiger partial charge in [0.2, 0.25) is 0 Å². The van der Waals surface area contributed by atoms with Gasteiger partial charge in [-0.1, -0.05) is 0 Å². The Labute approximate surface area is 75.5 Å². The predicted molar refractivity (Wildman–Crippen MR) is 47.1 cm³/mol. The maximum atomic E-state index is 12.0. The van der Waals surface area contributed by atoms with Gasteiger partial charge in [-0.2, -0.15) is 11.8 Å². The first-order chi connectivity index (χ1) is 5.75. The number of thioether (sulfide) groups is 1. The fourth-order valence-electron chi connectivity index (χ4n) is 1.55. The summed E-state index contributed by atoms with van der Waals surface area (Å²) in [5, 5.41) is 8.80. The number of alkyl halides is 1. The van der Waals surface area contributed by atoms with Crippen LogP contribution >= 0.6 is 11.8 Å². The van der Waals surface area contributed by atoms with E-state index in [-0.39, 0.29) is 11.8 Å². The van der Waals surface area contributed by atoms with Gasteiger partial charge in [-0.25, -0.2) is 0 Å². The third-order valence-corrected chi connectivity index (χ3v) is 3.46. The van der Waals surface area contributed by atoms with Crippen molar-refractivity contribution >= 4 is 17.7 Å². The van der Waals surface area contributed by atoms with Gasteiger partial charge in [-0.05, 0) is 30.3 Å². The number of hydrogen-bond acceptors (Lipinski definition) is 2. The minimum absolute atomic E-state index is 0.0475. The number of rotatable bonds is 3. The monoisotopic (exact) mass is 192 g/mol. The minimum Gasteiger partial charge on any atom is -0.481 e. The molecule has 0 saturated carbocycles.